The molecule has 0 saturated carbocycles. The number of amides is 1. The van der Waals surface area contributed by atoms with Crippen LogP contribution in [-0.2, 0) is 5.88 Å². The van der Waals surface area contributed by atoms with Gasteiger partial charge in [-0.05, 0) is 60.4 Å². The van der Waals surface area contributed by atoms with Crippen LogP contribution in [0, 0.1) is 18.8 Å². The summed E-state index contributed by atoms with van der Waals surface area (Å²) in [4.78, 5) is 17.0. The molecule has 5 nitrogen and oxygen atoms in total. The molecular weight excluding hydrogens is 419 g/mol. The Morgan fingerprint density at radius 1 is 1.17 bits per heavy atom. The van der Waals surface area contributed by atoms with Crippen molar-refractivity contribution in [1.29, 1.82) is 0 Å². The smallest absolute Gasteiger partial charge is 0.255 e. The molecule has 0 aliphatic heterocycles. The molecule has 30 heavy (non-hydrogen) atoms. The number of carbonyl (C=O) groups excluding carboxylic acids is 1. The van der Waals surface area contributed by atoms with E-state index >= 15 is 0 Å². The van der Waals surface area contributed by atoms with Gasteiger partial charge in [0.25, 0.3) is 5.91 Å². The molecule has 2 aromatic heterocycles. The molecule has 0 unspecified atom stereocenters. The summed E-state index contributed by atoms with van der Waals surface area (Å²) in [6.07, 6.45) is 3.36. The Morgan fingerprint density at radius 2 is 2.03 bits per heavy atom. The number of fused-ring (bicyclic) bond motifs is 1. The minimum atomic E-state index is -0.246. The minimum absolute atomic E-state index is 0.246. The molecule has 0 bridgehead atoms. The van der Waals surface area contributed by atoms with Gasteiger partial charge in [0.05, 0.1) is 6.20 Å². The van der Waals surface area contributed by atoms with Crippen molar-refractivity contribution >= 4 is 40.4 Å². The molecular formula is C23H16Cl2N4O. The third-order valence-electron chi connectivity index (χ3n) is 4.56. The van der Waals surface area contributed by atoms with Crippen molar-refractivity contribution in [3.05, 3.63) is 93.9 Å². The highest BCUT2D eigenvalue weighted by molar-refractivity contribution is 6.32. The van der Waals surface area contributed by atoms with Gasteiger partial charge in [-0.15, -0.1) is 11.6 Å². The summed E-state index contributed by atoms with van der Waals surface area (Å²) in [6, 6.07) is 14.3. The van der Waals surface area contributed by atoms with Crippen LogP contribution in [-0.4, -0.2) is 20.5 Å². The highest BCUT2D eigenvalue weighted by Crippen LogP contribution is 2.23. The average Bonchev–Trinajstić information content (AvgIpc) is 3.16. The fourth-order valence-corrected chi connectivity index (χ4v) is 3.43. The van der Waals surface area contributed by atoms with Crippen LogP contribution in [0.4, 0.5) is 5.69 Å². The van der Waals surface area contributed by atoms with Gasteiger partial charge in [0.15, 0.2) is 5.65 Å². The Balaban J connectivity index is 1.59. The molecule has 2 heterocycles. The number of aryl methyl sites for hydroxylation is 1. The summed E-state index contributed by atoms with van der Waals surface area (Å²) >= 11 is 12.0. The Morgan fingerprint density at radius 3 is 2.83 bits per heavy atom. The second-order valence-electron chi connectivity index (χ2n) is 6.61. The predicted molar refractivity (Wildman–Crippen MR) is 119 cm³/mol. The molecule has 4 aromatic rings. The molecule has 1 N–H and O–H groups in total. The van der Waals surface area contributed by atoms with E-state index in [1.165, 1.54) is 0 Å². The molecule has 0 atom stereocenters. The number of nitrogens with zero attached hydrogens (tertiary/aromatic N) is 3. The number of rotatable bonds is 3. The summed E-state index contributed by atoms with van der Waals surface area (Å²) < 4.78 is 1.67. The number of hydrogen-bond donors (Lipinski definition) is 1. The van der Waals surface area contributed by atoms with Gasteiger partial charge in [-0.1, -0.05) is 29.7 Å². The molecule has 0 aliphatic carbocycles. The first-order chi connectivity index (χ1) is 14.5. The van der Waals surface area contributed by atoms with Gasteiger partial charge >= 0.3 is 0 Å². The van der Waals surface area contributed by atoms with E-state index in [2.05, 4.69) is 27.2 Å². The molecule has 148 valence electrons. The maximum absolute atomic E-state index is 12.7. The SMILES string of the molecule is Cc1ccc(C(=O)Nc2ccc(CCl)c(Cl)c2)cc1C#Cc1cnc2cccnn12. The monoisotopic (exact) mass is 434 g/mol. The number of imidazole rings is 1. The third-order valence-corrected chi connectivity index (χ3v) is 5.20. The standard InChI is InChI=1S/C23H16Cl2N4O/c1-15-4-5-17(23(30)28-19-8-6-18(13-24)21(25)12-19)11-16(15)7-9-20-14-26-22-3-2-10-27-29(20)22/h2-6,8,10-12,14H,13H2,1H3,(H,28,30). The molecule has 0 spiro atoms. The van der Waals surface area contributed by atoms with Gasteiger partial charge in [0, 0.05) is 33.9 Å². The van der Waals surface area contributed by atoms with Crippen LogP contribution in [0.2, 0.25) is 5.02 Å². The van der Waals surface area contributed by atoms with E-state index in [1.807, 2.05) is 25.1 Å². The number of aromatic nitrogens is 3. The molecule has 0 aliphatic rings. The number of anilines is 1. The normalized spacial score (nSPS) is 10.5. The molecule has 0 fully saturated rings. The van der Waals surface area contributed by atoms with E-state index in [4.69, 9.17) is 23.2 Å². The molecule has 7 heteroatoms. The second-order valence-corrected chi connectivity index (χ2v) is 7.29. The van der Waals surface area contributed by atoms with Gasteiger partial charge in [-0.2, -0.15) is 5.10 Å². The van der Waals surface area contributed by atoms with Crippen LogP contribution in [0.25, 0.3) is 5.65 Å². The lowest BCUT2D eigenvalue weighted by Gasteiger charge is -2.08. The lowest BCUT2D eigenvalue weighted by atomic mass is 10.0. The maximum atomic E-state index is 12.7. The van der Waals surface area contributed by atoms with Crippen molar-refractivity contribution in [2.45, 2.75) is 12.8 Å². The van der Waals surface area contributed by atoms with Gasteiger partial charge in [-0.25, -0.2) is 9.50 Å². The number of benzene rings is 2. The van der Waals surface area contributed by atoms with Crippen LogP contribution >= 0.6 is 23.2 Å². The number of hydrogen-bond acceptors (Lipinski definition) is 3. The molecule has 1 amide bonds. The predicted octanol–water partition coefficient (Wildman–Crippen LogP) is 5.08. The summed E-state index contributed by atoms with van der Waals surface area (Å²) in [5.41, 5.74) is 5.03. The third kappa shape index (κ3) is 4.16. The van der Waals surface area contributed by atoms with E-state index in [9.17, 15) is 4.79 Å². The van der Waals surface area contributed by atoms with Crippen molar-refractivity contribution in [3.8, 4) is 11.8 Å². The minimum Gasteiger partial charge on any atom is -0.322 e. The number of nitrogens with one attached hydrogen (secondary N) is 1. The number of carbonyl (C=O) groups is 1. The van der Waals surface area contributed by atoms with E-state index < -0.39 is 0 Å². The first-order valence-corrected chi connectivity index (χ1v) is 10.0. The Labute approximate surface area is 183 Å². The highest BCUT2D eigenvalue weighted by Gasteiger charge is 2.10. The van der Waals surface area contributed by atoms with Gasteiger partial charge in [0.1, 0.15) is 5.69 Å². The fourth-order valence-electron chi connectivity index (χ4n) is 2.88. The number of halogens is 2. The van der Waals surface area contributed by atoms with Gasteiger partial charge in [-0.3, -0.25) is 4.79 Å². The fraction of sp³-hybridized carbons (Fsp3) is 0.0870. The van der Waals surface area contributed by atoms with Crippen LogP contribution in [0.5, 0.6) is 0 Å². The summed E-state index contributed by atoms with van der Waals surface area (Å²) in [7, 11) is 0. The lowest BCUT2D eigenvalue weighted by molar-refractivity contribution is 0.102. The largest absolute Gasteiger partial charge is 0.322 e. The molecule has 0 saturated heterocycles. The van der Waals surface area contributed by atoms with E-state index in [-0.39, 0.29) is 5.91 Å². The average molecular weight is 435 g/mol. The van der Waals surface area contributed by atoms with E-state index in [0.29, 0.717) is 27.8 Å². The maximum Gasteiger partial charge on any atom is 0.255 e. The van der Waals surface area contributed by atoms with E-state index in [1.54, 1.807) is 47.2 Å². The van der Waals surface area contributed by atoms with E-state index in [0.717, 1.165) is 22.3 Å². The van der Waals surface area contributed by atoms with Crippen LogP contribution in [0.15, 0.2) is 60.9 Å². The first kappa shape index (κ1) is 20.0. The number of alkyl halides is 1. The zero-order valence-corrected chi connectivity index (χ0v) is 17.5. The lowest BCUT2D eigenvalue weighted by Crippen LogP contribution is -2.12. The van der Waals surface area contributed by atoms with Crippen LogP contribution < -0.4 is 5.32 Å². The summed E-state index contributed by atoms with van der Waals surface area (Å²) in [6.45, 7) is 1.95. The van der Waals surface area contributed by atoms with Crippen LogP contribution in [0.3, 0.4) is 0 Å². The van der Waals surface area contributed by atoms with Crippen molar-refractivity contribution in [1.82, 2.24) is 14.6 Å². The Kier molecular flexibility index (Phi) is 5.71. The Hall–Kier alpha value is -3.33. The van der Waals surface area contributed by atoms with Gasteiger partial charge in [0.2, 0.25) is 0 Å². The quantitative estimate of drug-likeness (QED) is 0.361. The van der Waals surface area contributed by atoms with Crippen molar-refractivity contribution < 1.29 is 4.79 Å². The molecule has 4 rings (SSSR count). The zero-order chi connectivity index (χ0) is 21.1. The molecule has 0 radical (unpaired) electrons. The Bertz CT molecular complexity index is 1320. The first-order valence-electron chi connectivity index (χ1n) is 9.12. The highest BCUT2D eigenvalue weighted by atomic mass is 35.5. The summed E-state index contributed by atoms with van der Waals surface area (Å²) in [5.74, 6) is 6.28. The second kappa shape index (κ2) is 8.58. The van der Waals surface area contributed by atoms with Crippen molar-refractivity contribution in [2.24, 2.45) is 0 Å². The zero-order valence-electron chi connectivity index (χ0n) is 16.0. The van der Waals surface area contributed by atoms with Crippen molar-refractivity contribution in [2.75, 3.05) is 5.32 Å². The van der Waals surface area contributed by atoms with Gasteiger partial charge < -0.3 is 5.32 Å². The summed E-state index contributed by atoms with van der Waals surface area (Å²) in [5, 5.41) is 7.62. The van der Waals surface area contributed by atoms with Crippen LogP contribution in [0.1, 0.15) is 32.7 Å². The topological polar surface area (TPSA) is 59.3 Å². The van der Waals surface area contributed by atoms with Crippen molar-refractivity contribution in [3.63, 3.8) is 0 Å². The molecule has 2 aromatic carbocycles.